The summed E-state index contributed by atoms with van der Waals surface area (Å²) in [5, 5.41) is 13.2. The summed E-state index contributed by atoms with van der Waals surface area (Å²) in [6.45, 7) is 0.827. The summed E-state index contributed by atoms with van der Waals surface area (Å²) in [6, 6.07) is 15.0. The van der Waals surface area contributed by atoms with Gasteiger partial charge in [-0.15, -0.1) is 5.10 Å². The molecular weight excluding hydrogens is 394 g/mol. The lowest BCUT2D eigenvalue weighted by atomic mass is 10.1. The van der Waals surface area contributed by atoms with Gasteiger partial charge in [0.1, 0.15) is 11.9 Å². The van der Waals surface area contributed by atoms with Crippen LogP contribution in [0.3, 0.4) is 0 Å². The highest BCUT2D eigenvalue weighted by Crippen LogP contribution is 2.33. The molecule has 146 valence electrons. The lowest BCUT2D eigenvalue weighted by Crippen LogP contribution is -2.22. The fourth-order valence-corrected chi connectivity index (χ4v) is 3.56. The van der Waals surface area contributed by atoms with Crippen LogP contribution in [0.2, 0.25) is 5.02 Å². The second-order valence-electron chi connectivity index (χ2n) is 6.54. The van der Waals surface area contributed by atoms with Crippen molar-refractivity contribution in [3.05, 3.63) is 64.8 Å². The van der Waals surface area contributed by atoms with Crippen LogP contribution in [0, 0.1) is 0 Å². The standard InChI is InChI=1S/C20H16ClN5O3/c1-27-13-6-4-5-12(9-13)20-22-19(24-29-20)18-16-11-28-17(10-26(16)25-23-18)14-7-2-3-8-15(14)21/h2-9,17H,10-11H2,1H3/t17-/m1/s1. The van der Waals surface area contributed by atoms with Gasteiger partial charge in [0.2, 0.25) is 5.82 Å². The molecule has 0 aliphatic carbocycles. The monoisotopic (exact) mass is 409 g/mol. The second-order valence-corrected chi connectivity index (χ2v) is 6.95. The van der Waals surface area contributed by atoms with E-state index in [4.69, 9.17) is 25.6 Å². The fraction of sp³-hybridized carbons (Fsp3) is 0.200. The van der Waals surface area contributed by atoms with Gasteiger partial charge in [-0.2, -0.15) is 4.98 Å². The third kappa shape index (κ3) is 3.26. The van der Waals surface area contributed by atoms with Gasteiger partial charge in [0, 0.05) is 16.1 Å². The van der Waals surface area contributed by atoms with E-state index in [0.717, 1.165) is 16.8 Å². The van der Waals surface area contributed by atoms with Crippen LogP contribution >= 0.6 is 11.6 Å². The van der Waals surface area contributed by atoms with Crippen LogP contribution in [0.25, 0.3) is 23.0 Å². The van der Waals surface area contributed by atoms with Crippen LogP contribution in [-0.2, 0) is 17.9 Å². The highest BCUT2D eigenvalue weighted by Gasteiger charge is 2.28. The van der Waals surface area contributed by atoms with E-state index in [-0.39, 0.29) is 6.10 Å². The van der Waals surface area contributed by atoms with Gasteiger partial charge in [-0.3, -0.25) is 0 Å². The molecule has 9 heteroatoms. The predicted octanol–water partition coefficient (Wildman–Crippen LogP) is 3.93. The van der Waals surface area contributed by atoms with Gasteiger partial charge in [0.25, 0.3) is 5.89 Å². The molecule has 1 aliphatic rings. The van der Waals surface area contributed by atoms with Crippen molar-refractivity contribution >= 4 is 11.6 Å². The molecule has 2 aromatic carbocycles. The Morgan fingerprint density at radius 1 is 1.17 bits per heavy atom. The molecule has 1 atom stereocenters. The van der Waals surface area contributed by atoms with Crippen LogP contribution in [0.4, 0.5) is 0 Å². The van der Waals surface area contributed by atoms with Crippen molar-refractivity contribution < 1.29 is 14.0 Å². The molecule has 0 saturated heterocycles. The fourth-order valence-electron chi connectivity index (χ4n) is 3.30. The van der Waals surface area contributed by atoms with Crippen molar-refractivity contribution in [3.63, 3.8) is 0 Å². The first-order chi connectivity index (χ1) is 14.2. The van der Waals surface area contributed by atoms with E-state index in [2.05, 4.69) is 20.5 Å². The van der Waals surface area contributed by atoms with Crippen molar-refractivity contribution in [2.45, 2.75) is 19.3 Å². The summed E-state index contributed by atoms with van der Waals surface area (Å²) in [4.78, 5) is 4.47. The summed E-state index contributed by atoms with van der Waals surface area (Å²) < 4.78 is 18.5. The maximum absolute atomic E-state index is 6.30. The van der Waals surface area contributed by atoms with E-state index in [1.54, 1.807) is 11.8 Å². The minimum absolute atomic E-state index is 0.191. The molecule has 8 nitrogen and oxygen atoms in total. The highest BCUT2D eigenvalue weighted by atomic mass is 35.5. The smallest absolute Gasteiger partial charge is 0.258 e. The predicted molar refractivity (Wildman–Crippen MR) is 104 cm³/mol. The number of benzene rings is 2. The topological polar surface area (TPSA) is 88.1 Å². The minimum atomic E-state index is -0.191. The number of ether oxygens (including phenoxy) is 2. The maximum Gasteiger partial charge on any atom is 0.258 e. The Bertz CT molecular complexity index is 1170. The Kier molecular flexibility index (Phi) is 4.49. The van der Waals surface area contributed by atoms with Gasteiger partial charge in [-0.05, 0) is 24.3 Å². The zero-order valence-corrected chi connectivity index (χ0v) is 16.2. The SMILES string of the molecule is COc1cccc(-c2nc(-c3nnn4c3CO[C@@H](c3ccccc3Cl)C4)no2)c1. The van der Waals surface area contributed by atoms with Crippen molar-refractivity contribution in [2.75, 3.05) is 7.11 Å². The van der Waals surface area contributed by atoms with Crippen LogP contribution in [0.5, 0.6) is 5.75 Å². The molecule has 0 bridgehead atoms. The molecule has 1 aliphatic heterocycles. The number of hydrogen-bond acceptors (Lipinski definition) is 7. The van der Waals surface area contributed by atoms with Crippen LogP contribution in [0.15, 0.2) is 53.1 Å². The zero-order valence-electron chi connectivity index (χ0n) is 15.4. The Balaban J connectivity index is 1.42. The second kappa shape index (κ2) is 7.31. The molecule has 3 heterocycles. The molecule has 2 aromatic heterocycles. The van der Waals surface area contributed by atoms with Gasteiger partial charge in [-0.25, -0.2) is 4.68 Å². The van der Waals surface area contributed by atoms with Crippen LogP contribution in [-0.4, -0.2) is 32.2 Å². The minimum Gasteiger partial charge on any atom is -0.497 e. The van der Waals surface area contributed by atoms with Gasteiger partial charge >= 0.3 is 0 Å². The maximum atomic E-state index is 6.30. The third-order valence-electron chi connectivity index (χ3n) is 4.80. The quantitative estimate of drug-likeness (QED) is 0.504. The summed E-state index contributed by atoms with van der Waals surface area (Å²) in [6.07, 6.45) is -0.191. The first-order valence-electron chi connectivity index (χ1n) is 9.00. The van der Waals surface area contributed by atoms with Crippen LogP contribution in [0.1, 0.15) is 17.4 Å². The third-order valence-corrected chi connectivity index (χ3v) is 5.15. The lowest BCUT2D eigenvalue weighted by molar-refractivity contribution is -0.00106. The molecule has 0 saturated carbocycles. The summed E-state index contributed by atoms with van der Waals surface area (Å²) in [5.74, 6) is 1.46. The van der Waals surface area contributed by atoms with E-state index in [1.165, 1.54) is 0 Å². The van der Waals surface area contributed by atoms with Gasteiger partial charge < -0.3 is 14.0 Å². The molecule has 0 fully saturated rings. The van der Waals surface area contributed by atoms with Crippen molar-refractivity contribution in [1.82, 2.24) is 25.1 Å². The molecule has 0 spiro atoms. The van der Waals surface area contributed by atoms with E-state index >= 15 is 0 Å². The molecule has 4 aromatic rings. The number of nitrogens with zero attached hydrogens (tertiary/aromatic N) is 5. The number of aromatic nitrogens is 5. The lowest BCUT2D eigenvalue weighted by Gasteiger charge is -2.24. The van der Waals surface area contributed by atoms with E-state index in [0.29, 0.717) is 41.3 Å². The average Bonchev–Trinajstić information content (AvgIpc) is 3.40. The molecule has 5 rings (SSSR count). The van der Waals surface area contributed by atoms with Crippen molar-refractivity contribution in [2.24, 2.45) is 0 Å². The first kappa shape index (κ1) is 17.8. The Morgan fingerprint density at radius 2 is 2.07 bits per heavy atom. The molecule has 29 heavy (non-hydrogen) atoms. The molecule has 0 unspecified atom stereocenters. The Labute approximate surface area is 171 Å². The average molecular weight is 410 g/mol. The molecular formula is C20H16ClN5O3. The van der Waals surface area contributed by atoms with Crippen LogP contribution < -0.4 is 4.74 Å². The molecule has 0 radical (unpaired) electrons. The number of halogens is 1. The number of methoxy groups -OCH3 is 1. The number of hydrogen-bond donors (Lipinski definition) is 0. The van der Waals surface area contributed by atoms with Crippen molar-refractivity contribution in [1.29, 1.82) is 0 Å². The normalized spacial score (nSPS) is 15.9. The van der Waals surface area contributed by atoms with Crippen molar-refractivity contribution in [3.8, 4) is 28.7 Å². The number of rotatable bonds is 4. The van der Waals surface area contributed by atoms with E-state index in [9.17, 15) is 0 Å². The molecule has 0 amide bonds. The van der Waals surface area contributed by atoms with E-state index < -0.39 is 0 Å². The van der Waals surface area contributed by atoms with E-state index in [1.807, 2.05) is 48.5 Å². The highest BCUT2D eigenvalue weighted by molar-refractivity contribution is 6.31. The summed E-state index contributed by atoms with van der Waals surface area (Å²) in [7, 11) is 1.61. The Morgan fingerprint density at radius 3 is 2.93 bits per heavy atom. The Hall–Kier alpha value is -3.23. The first-order valence-corrected chi connectivity index (χ1v) is 9.37. The van der Waals surface area contributed by atoms with Gasteiger partial charge in [-0.1, -0.05) is 46.2 Å². The summed E-state index contributed by atoms with van der Waals surface area (Å²) in [5.41, 5.74) is 3.03. The van der Waals surface area contributed by atoms with Gasteiger partial charge in [0.15, 0.2) is 5.69 Å². The largest absolute Gasteiger partial charge is 0.497 e. The zero-order chi connectivity index (χ0) is 19.8. The molecule has 0 N–H and O–H groups in total. The number of fused-ring (bicyclic) bond motifs is 1. The van der Waals surface area contributed by atoms with Gasteiger partial charge in [0.05, 0.1) is 26.0 Å². The summed E-state index contributed by atoms with van der Waals surface area (Å²) >= 11 is 6.30.